The molecule has 2 atom stereocenters. The highest BCUT2D eigenvalue weighted by atomic mass is 35.5. The van der Waals surface area contributed by atoms with Gasteiger partial charge in [0.1, 0.15) is 6.10 Å². The Bertz CT molecular complexity index is 404. The van der Waals surface area contributed by atoms with Gasteiger partial charge in [0.15, 0.2) is 11.6 Å². The predicted molar refractivity (Wildman–Crippen MR) is 75.0 cm³/mol. The lowest BCUT2D eigenvalue weighted by molar-refractivity contribution is -0.124. The summed E-state index contributed by atoms with van der Waals surface area (Å²) in [5.41, 5.74) is 5.38. The third kappa shape index (κ3) is 5.89. The molecule has 1 aromatic carbocycles. The van der Waals surface area contributed by atoms with Gasteiger partial charge in [-0.25, -0.2) is 4.39 Å². The Morgan fingerprint density at radius 2 is 2.05 bits per heavy atom. The van der Waals surface area contributed by atoms with Gasteiger partial charge in [0, 0.05) is 12.5 Å². The molecular weight excluding hydrogens is 271 g/mol. The number of nitrogens with one attached hydrogen (secondary N) is 1. The quantitative estimate of drug-likeness (QED) is 0.838. The zero-order valence-corrected chi connectivity index (χ0v) is 11.9. The molecule has 0 aliphatic carbocycles. The van der Waals surface area contributed by atoms with Crippen molar-refractivity contribution >= 4 is 18.3 Å². The summed E-state index contributed by atoms with van der Waals surface area (Å²) < 4.78 is 18.7. The molecule has 2 unspecified atom stereocenters. The molecule has 19 heavy (non-hydrogen) atoms. The molecule has 0 heterocycles. The van der Waals surface area contributed by atoms with Crippen molar-refractivity contribution in [3.63, 3.8) is 0 Å². The van der Waals surface area contributed by atoms with Gasteiger partial charge in [-0.15, -0.1) is 12.4 Å². The first-order chi connectivity index (χ1) is 8.54. The van der Waals surface area contributed by atoms with E-state index in [0.29, 0.717) is 13.1 Å². The van der Waals surface area contributed by atoms with Crippen LogP contribution < -0.4 is 15.8 Å². The SMILES string of the molecule is CC(CNC(=O)C(C)CN)Oc1ccccc1F.Cl. The Morgan fingerprint density at radius 3 is 2.63 bits per heavy atom. The molecule has 0 spiro atoms. The van der Waals surface area contributed by atoms with Gasteiger partial charge in [0.05, 0.1) is 6.54 Å². The second-order valence-corrected chi connectivity index (χ2v) is 4.24. The maximum atomic E-state index is 13.3. The van der Waals surface area contributed by atoms with Crippen LogP contribution in [0.3, 0.4) is 0 Å². The molecule has 0 aromatic heterocycles. The largest absolute Gasteiger partial charge is 0.486 e. The Kier molecular flexibility index (Phi) is 8.11. The first-order valence-corrected chi connectivity index (χ1v) is 5.93. The van der Waals surface area contributed by atoms with E-state index in [1.54, 1.807) is 32.0 Å². The van der Waals surface area contributed by atoms with Crippen LogP contribution in [-0.2, 0) is 4.79 Å². The molecule has 0 saturated carbocycles. The lowest BCUT2D eigenvalue weighted by atomic mass is 10.1. The molecule has 108 valence electrons. The van der Waals surface area contributed by atoms with Crippen LogP contribution in [0.15, 0.2) is 24.3 Å². The molecule has 4 nitrogen and oxygen atoms in total. The van der Waals surface area contributed by atoms with Gasteiger partial charge in [-0.1, -0.05) is 19.1 Å². The van der Waals surface area contributed by atoms with E-state index >= 15 is 0 Å². The maximum Gasteiger partial charge on any atom is 0.224 e. The first kappa shape index (κ1) is 17.7. The molecule has 1 amide bonds. The minimum Gasteiger partial charge on any atom is -0.486 e. The first-order valence-electron chi connectivity index (χ1n) is 5.93. The zero-order chi connectivity index (χ0) is 13.5. The van der Waals surface area contributed by atoms with E-state index in [1.807, 2.05) is 0 Å². The summed E-state index contributed by atoms with van der Waals surface area (Å²) in [4.78, 5) is 11.5. The molecule has 0 aliphatic heterocycles. The van der Waals surface area contributed by atoms with Crippen molar-refractivity contribution in [2.24, 2.45) is 11.7 Å². The summed E-state index contributed by atoms with van der Waals surface area (Å²) >= 11 is 0. The predicted octanol–water partition coefficient (Wildman–Crippen LogP) is 1.73. The summed E-state index contributed by atoms with van der Waals surface area (Å²) in [6.45, 7) is 4.13. The second kappa shape index (κ2) is 8.72. The zero-order valence-electron chi connectivity index (χ0n) is 11.1. The fourth-order valence-electron chi connectivity index (χ4n) is 1.32. The molecule has 0 fully saturated rings. The van der Waals surface area contributed by atoms with Crippen LogP contribution in [0, 0.1) is 11.7 Å². The van der Waals surface area contributed by atoms with E-state index < -0.39 is 5.82 Å². The van der Waals surface area contributed by atoms with Crippen LogP contribution in [0.5, 0.6) is 5.75 Å². The van der Waals surface area contributed by atoms with Crippen molar-refractivity contribution in [1.82, 2.24) is 5.32 Å². The lowest BCUT2D eigenvalue weighted by Crippen LogP contribution is -2.38. The molecular formula is C13H20ClFN2O2. The number of benzene rings is 1. The number of amides is 1. The molecule has 0 bridgehead atoms. The van der Waals surface area contributed by atoms with E-state index in [1.165, 1.54) is 6.07 Å². The standard InChI is InChI=1S/C13H19FN2O2.ClH/c1-9(7-15)13(17)16-8-10(2)18-12-6-4-3-5-11(12)14;/h3-6,9-10H,7-8,15H2,1-2H3,(H,16,17);1H. The van der Waals surface area contributed by atoms with Crippen LogP contribution in [0.2, 0.25) is 0 Å². The average molecular weight is 291 g/mol. The number of ether oxygens (including phenoxy) is 1. The normalized spacial score (nSPS) is 13.1. The number of para-hydroxylation sites is 1. The van der Waals surface area contributed by atoms with Gasteiger partial charge in [0.2, 0.25) is 5.91 Å². The second-order valence-electron chi connectivity index (χ2n) is 4.24. The van der Waals surface area contributed by atoms with Crippen LogP contribution in [0.4, 0.5) is 4.39 Å². The minimum absolute atomic E-state index is 0. The van der Waals surface area contributed by atoms with Crippen molar-refractivity contribution in [1.29, 1.82) is 0 Å². The third-order valence-electron chi connectivity index (χ3n) is 2.53. The topological polar surface area (TPSA) is 64.4 Å². The molecule has 6 heteroatoms. The van der Waals surface area contributed by atoms with Gasteiger partial charge in [-0.3, -0.25) is 4.79 Å². The molecule has 0 aliphatic rings. The van der Waals surface area contributed by atoms with Crippen LogP contribution >= 0.6 is 12.4 Å². The van der Waals surface area contributed by atoms with Crippen molar-refractivity contribution in [3.05, 3.63) is 30.1 Å². The van der Waals surface area contributed by atoms with E-state index in [9.17, 15) is 9.18 Å². The highest BCUT2D eigenvalue weighted by Crippen LogP contribution is 2.16. The van der Waals surface area contributed by atoms with Crippen molar-refractivity contribution < 1.29 is 13.9 Å². The fraction of sp³-hybridized carbons (Fsp3) is 0.462. The molecule has 1 rings (SSSR count). The van der Waals surface area contributed by atoms with E-state index in [-0.39, 0.29) is 36.1 Å². The highest BCUT2D eigenvalue weighted by molar-refractivity contribution is 5.85. The van der Waals surface area contributed by atoms with Crippen LogP contribution in [0.25, 0.3) is 0 Å². The van der Waals surface area contributed by atoms with Gasteiger partial charge in [-0.05, 0) is 19.1 Å². The highest BCUT2D eigenvalue weighted by Gasteiger charge is 2.13. The Balaban J connectivity index is 0.00000324. The Morgan fingerprint density at radius 1 is 1.42 bits per heavy atom. The number of nitrogens with two attached hydrogens (primary N) is 1. The summed E-state index contributed by atoms with van der Waals surface area (Å²) in [5, 5.41) is 2.71. The van der Waals surface area contributed by atoms with Gasteiger partial charge < -0.3 is 15.8 Å². The smallest absolute Gasteiger partial charge is 0.224 e. The monoisotopic (exact) mass is 290 g/mol. The van der Waals surface area contributed by atoms with E-state index in [0.717, 1.165) is 0 Å². The van der Waals surface area contributed by atoms with Crippen molar-refractivity contribution in [2.75, 3.05) is 13.1 Å². The summed E-state index contributed by atoms with van der Waals surface area (Å²) in [6, 6.07) is 6.17. The summed E-state index contributed by atoms with van der Waals surface area (Å²) in [6.07, 6.45) is -0.309. The Labute approximate surface area is 118 Å². The average Bonchev–Trinajstić information content (AvgIpc) is 2.37. The number of halogens is 2. The molecule has 3 N–H and O–H groups in total. The van der Waals surface area contributed by atoms with E-state index in [2.05, 4.69) is 5.32 Å². The lowest BCUT2D eigenvalue weighted by Gasteiger charge is -2.17. The number of hydrogen-bond donors (Lipinski definition) is 2. The van der Waals surface area contributed by atoms with E-state index in [4.69, 9.17) is 10.5 Å². The molecule has 0 saturated heterocycles. The minimum atomic E-state index is -0.411. The maximum absolute atomic E-state index is 13.3. The van der Waals surface area contributed by atoms with Crippen molar-refractivity contribution in [3.8, 4) is 5.75 Å². The van der Waals surface area contributed by atoms with Gasteiger partial charge >= 0.3 is 0 Å². The number of carbonyl (C=O) groups excluding carboxylic acids is 1. The van der Waals surface area contributed by atoms with Crippen LogP contribution in [0.1, 0.15) is 13.8 Å². The van der Waals surface area contributed by atoms with Crippen LogP contribution in [-0.4, -0.2) is 25.1 Å². The van der Waals surface area contributed by atoms with Gasteiger partial charge in [0.25, 0.3) is 0 Å². The number of rotatable bonds is 6. The number of carbonyl (C=O) groups is 1. The fourth-order valence-corrected chi connectivity index (χ4v) is 1.32. The summed E-state index contributed by atoms with van der Waals surface area (Å²) in [5.74, 6) is -0.579. The molecule has 0 radical (unpaired) electrons. The van der Waals surface area contributed by atoms with Gasteiger partial charge in [-0.2, -0.15) is 0 Å². The molecule has 1 aromatic rings. The van der Waals surface area contributed by atoms with Crippen molar-refractivity contribution in [2.45, 2.75) is 20.0 Å². The Hall–Kier alpha value is -1.33. The third-order valence-corrected chi connectivity index (χ3v) is 2.53. The summed E-state index contributed by atoms with van der Waals surface area (Å²) in [7, 11) is 0. The number of hydrogen-bond acceptors (Lipinski definition) is 3.